The van der Waals surface area contributed by atoms with Crippen LogP contribution < -0.4 is 0 Å². The van der Waals surface area contributed by atoms with Crippen molar-refractivity contribution in [2.45, 2.75) is 18.5 Å². The Balaban J connectivity index is 1.51. The van der Waals surface area contributed by atoms with E-state index in [0.29, 0.717) is 18.8 Å². The van der Waals surface area contributed by atoms with Crippen molar-refractivity contribution in [1.82, 2.24) is 19.9 Å². The van der Waals surface area contributed by atoms with Crippen LogP contribution in [0.3, 0.4) is 0 Å². The van der Waals surface area contributed by atoms with Gasteiger partial charge in [-0.05, 0) is 11.1 Å². The van der Waals surface area contributed by atoms with Gasteiger partial charge in [-0.1, -0.05) is 65.9 Å². The van der Waals surface area contributed by atoms with Gasteiger partial charge in [0.15, 0.2) is 0 Å². The summed E-state index contributed by atoms with van der Waals surface area (Å²) in [6.07, 6.45) is 1.95. The van der Waals surface area contributed by atoms with Crippen LogP contribution in [0.2, 0.25) is 0 Å². The van der Waals surface area contributed by atoms with Gasteiger partial charge >= 0.3 is 0 Å². The Morgan fingerprint density at radius 1 is 0.960 bits per heavy atom. The van der Waals surface area contributed by atoms with E-state index in [9.17, 15) is 4.79 Å². The van der Waals surface area contributed by atoms with E-state index in [1.54, 1.807) is 11.8 Å². The summed E-state index contributed by atoms with van der Waals surface area (Å²) in [7, 11) is 0. The van der Waals surface area contributed by atoms with E-state index in [4.69, 9.17) is 0 Å². The molecule has 6 heteroatoms. The van der Waals surface area contributed by atoms with Crippen LogP contribution in [0.4, 0.5) is 0 Å². The van der Waals surface area contributed by atoms with Crippen molar-refractivity contribution >= 4 is 17.7 Å². The first-order valence-corrected chi connectivity index (χ1v) is 9.23. The van der Waals surface area contributed by atoms with Crippen LogP contribution in [0, 0.1) is 0 Å². The van der Waals surface area contributed by atoms with E-state index >= 15 is 0 Å². The van der Waals surface area contributed by atoms with E-state index in [0.717, 1.165) is 11.3 Å². The number of nitrogens with zero attached hydrogens (tertiary/aromatic N) is 4. The maximum Gasteiger partial charge on any atom is 0.234 e. The van der Waals surface area contributed by atoms with Crippen molar-refractivity contribution in [3.05, 3.63) is 83.7 Å². The van der Waals surface area contributed by atoms with Gasteiger partial charge < -0.3 is 4.90 Å². The summed E-state index contributed by atoms with van der Waals surface area (Å²) in [5, 5.41) is 8.48. The maximum atomic E-state index is 12.3. The summed E-state index contributed by atoms with van der Waals surface area (Å²) < 4.78 is 1.83. The molecule has 0 N–H and O–H groups in total. The zero-order valence-corrected chi connectivity index (χ0v) is 14.5. The average molecular weight is 350 g/mol. The molecule has 1 aromatic heterocycles. The van der Waals surface area contributed by atoms with E-state index in [1.807, 2.05) is 64.3 Å². The Bertz CT molecular complexity index is 850. The molecule has 1 aliphatic rings. The number of carbonyl (C=O) groups is 1. The zero-order valence-electron chi connectivity index (χ0n) is 13.7. The van der Waals surface area contributed by atoms with Gasteiger partial charge in [0.05, 0.1) is 18.5 Å². The summed E-state index contributed by atoms with van der Waals surface area (Å²) in [5.41, 5.74) is 3.14. The SMILES string of the molecule is O=C1CS[C@H](c2cn(Cc3ccccc3)nn2)N1Cc1ccccc1. The van der Waals surface area contributed by atoms with Crippen LogP contribution in [0.15, 0.2) is 66.9 Å². The number of thioether (sulfide) groups is 1. The van der Waals surface area contributed by atoms with Crippen LogP contribution in [0.5, 0.6) is 0 Å². The molecule has 0 spiro atoms. The lowest BCUT2D eigenvalue weighted by Crippen LogP contribution is -2.27. The van der Waals surface area contributed by atoms with Gasteiger partial charge in [-0.25, -0.2) is 4.68 Å². The lowest BCUT2D eigenvalue weighted by atomic mass is 10.2. The number of rotatable bonds is 5. The van der Waals surface area contributed by atoms with Gasteiger partial charge in [0, 0.05) is 6.54 Å². The van der Waals surface area contributed by atoms with Crippen molar-refractivity contribution in [2.24, 2.45) is 0 Å². The molecule has 0 saturated carbocycles. The predicted octanol–water partition coefficient (Wildman–Crippen LogP) is 3.10. The lowest BCUT2D eigenvalue weighted by Gasteiger charge is -2.22. The molecule has 0 unspecified atom stereocenters. The summed E-state index contributed by atoms with van der Waals surface area (Å²) in [6.45, 7) is 1.28. The minimum absolute atomic E-state index is 0.0720. The summed E-state index contributed by atoms with van der Waals surface area (Å²) in [6, 6.07) is 20.2. The Hall–Kier alpha value is -2.60. The fourth-order valence-corrected chi connectivity index (χ4v) is 4.04. The smallest absolute Gasteiger partial charge is 0.234 e. The Kier molecular flexibility index (Phi) is 4.52. The number of aromatic nitrogens is 3. The number of hydrogen-bond acceptors (Lipinski definition) is 4. The van der Waals surface area contributed by atoms with Crippen LogP contribution >= 0.6 is 11.8 Å². The van der Waals surface area contributed by atoms with Gasteiger partial charge in [0.2, 0.25) is 5.91 Å². The Morgan fingerprint density at radius 2 is 1.60 bits per heavy atom. The molecule has 1 amide bonds. The van der Waals surface area contributed by atoms with Gasteiger partial charge in [0.1, 0.15) is 11.1 Å². The topological polar surface area (TPSA) is 51.0 Å². The first-order valence-electron chi connectivity index (χ1n) is 8.18. The number of benzene rings is 2. The molecule has 1 atom stereocenters. The summed E-state index contributed by atoms with van der Waals surface area (Å²) >= 11 is 1.61. The molecule has 1 saturated heterocycles. The average Bonchev–Trinajstić information content (AvgIpc) is 3.24. The standard InChI is InChI=1S/C19H18N4OS/c24-18-14-25-19(23(18)12-16-9-5-2-6-10-16)17-13-22(21-20-17)11-15-7-3-1-4-8-15/h1-10,13,19H,11-12,14H2/t19-/m1/s1. The molecule has 0 bridgehead atoms. The molecule has 3 aromatic rings. The highest BCUT2D eigenvalue weighted by Crippen LogP contribution is 2.38. The minimum atomic E-state index is -0.0720. The molecule has 1 aliphatic heterocycles. The van der Waals surface area contributed by atoms with Crippen molar-refractivity contribution in [2.75, 3.05) is 5.75 Å². The normalized spacial score (nSPS) is 17.2. The first-order chi connectivity index (χ1) is 12.3. The second kappa shape index (κ2) is 7.11. The van der Waals surface area contributed by atoms with E-state index in [1.165, 1.54) is 5.56 Å². The van der Waals surface area contributed by atoms with E-state index in [2.05, 4.69) is 22.4 Å². The third-order valence-electron chi connectivity index (χ3n) is 4.16. The van der Waals surface area contributed by atoms with Crippen LogP contribution in [-0.2, 0) is 17.9 Å². The van der Waals surface area contributed by atoms with Gasteiger partial charge in [0.25, 0.3) is 0 Å². The molecule has 2 aromatic carbocycles. The monoisotopic (exact) mass is 350 g/mol. The van der Waals surface area contributed by atoms with Crippen molar-refractivity contribution in [3.63, 3.8) is 0 Å². The quantitative estimate of drug-likeness (QED) is 0.709. The Morgan fingerprint density at radius 3 is 2.28 bits per heavy atom. The molecular formula is C19H18N4OS. The van der Waals surface area contributed by atoms with E-state index in [-0.39, 0.29) is 11.3 Å². The molecule has 4 rings (SSSR count). The third kappa shape index (κ3) is 3.58. The van der Waals surface area contributed by atoms with Crippen molar-refractivity contribution < 1.29 is 4.79 Å². The van der Waals surface area contributed by atoms with Crippen LogP contribution in [0.1, 0.15) is 22.2 Å². The maximum absolute atomic E-state index is 12.3. The number of hydrogen-bond donors (Lipinski definition) is 0. The van der Waals surface area contributed by atoms with Gasteiger partial charge in [-0.15, -0.1) is 16.9 Å². The molecule has 25 heavy (non-hydrogen) atoms. The molecule has 126 valence electrons. The number of carbonyl (C=O) groups excluding carboxylic acids is 1. The van der Waals surface area contributed by atoms with Gasteiger partial charge in [-0.2, -0.15) is 0 Å². The fourth-order valence-electron chi connectivity index (χ4n) is 2.92. The highest BCUT2D eigenvalue weighted by Gasteiger charge is 2.34. The molecule has 0 aliphatic carbocycles. The number of amides is 1. The second-order valence-corrected chi connectivity index (χ2v) is 7.07. The molecular weight excluding hydrogens is 332 g/mol. The first kappa shape index (κ1) is 15.9. The van der Waals surface area contributed by atoms with Crippen molar-refractivity contribution in [1.29, 1.82) is 0 Å². The van der Waals surface area contributed by atoms with Gasteiger partial charge in [-0.3, -0.25) is 4.79 Å². The highest BCUT2D eigenvalue weighted by molar-refractivity contribution is 8.00. The largest absolute Gasteiger partial charge is 0.320 e. The molecule has 0 radical (unpaired) electrons. The fraction of sp³-hybridized carbons (Fsp3) is 0.211. The minimum Gasteiger partial charge on any atom is -0.320 e. The molecule has 1 fully saturated rings. The van der Waals surface area contributed by atoms with E-state index < -0.39 is 0 Å². The van der Waals surface area contributed by atoms with Crippen LogP contribution in [-0.4, -0.2) is 31.6 Å². The highest BCUT2D eigenvalue weighted by atomic mass is 32.2. The summed E-state index contributed by atoms with van der Waals surface area (Å²) in [4.78, 5) is 14.2. The lowest BCUT2D eigenvalue weighted by molar-refractivity contribution is -0.128. The predicted molar refractivity (Wildman–Crippen MR) is 97.8 cm³/mol. The third-order valence-corrected chi connectivity index (χ3v) is 5.39. The molecule has 2 heterocycles. The second-order valence-electron chi connectivity index (χ2n) is 6.00. The summed E-state index contributed by atoms with van der Waals surface area (Å²) in [5.74, 6) is 0.639. The molecule has 5 nitrogen and oxygen atoms in total. The van der Waals surface area contributed by atoms with Crippen LogP contribution in [0.25, 0.3) is 0 Å². The Labute approximate surface area is 150 Å². The zero-order chi connectivity index (χ0) is 17.1. The van der Waals surface area contributed by atoms with Crippen molar-refractivity contribution in [3.8, 4) is 0 Å².